The van der Waals surface area contributed by atoms with Crippen LogP contribution in [-0.4, -0.2) is 0 Å². The lowest BCUT2D eigenvalue weighted by molar-refractivity contribution is 0.508. The Kier molecular flexibility index (Phi) is 4.09. The molecule has 0 aromatic heterocycles. The molecule has 0 saturated heterocycles. The third-order valence-electron chi connectivity index (χ3n) is 1.74. The van der Waals surface area contributed by atoms with Gasteiger partial charge in [0.15, 0.2) is 11.6 Å². The normalized spacial score (nSPS) is 9.36. The zero-order valence-corrected chi connectivity index (χ0v) is 8.06. The van der Waals surface area contributed by atoms with Crippen molar-refractivity contribution < 1.29 is 8.78 Å². The second kappa shape index (κ2) is 5.36. The van der Waals surface area contributed by atoms with Crippen LogP contribution in [-0.2, 0) is 0 Å². The molecule has 0 bridgehead atoms. The molecular formula is C12H12F2. The van der Waals surface area contributed by atoms with Gasteiger partial charge in [0.2, 0.25) is 0 Å². The van der Waals surface area contributed by atoms with E-state index in [0.717, 1.165) is 25.0 Å². The van der Waals surface area contributed by atoms with Crippen molar-refractivity contribution in [2.45, 2.75) is 19.8 Å². The van der Waals surface area contributed by atoms with Gasteiger partial charge in [0.05, 0.1) is 0 Å². The zero-order valence-electron chi connectivity index (χ0n) is 8.06. The Morgan fingerprint density at radius 2 is 2.07 bits per heavy atom. The summed E-state index contributed by atoms with van der Waals surface area (Å²) in [5.41, 5.74) is 3.53. The number of hydrogen-bond acceptors (Lipinski definition) is 0. The highest BCUT2D eigenvalue weighted by Crippen LogP contribution is 2.09. The molecular weight excluding hydrogens is 182 g/mol. The molecule has 0 aliphatic rings. The van der Waals surface area contributed by atoms with Gasteiger partial charge in [0, 0.05) is 0 Å². The van der Waals surface area contributed by atoms with Crippen LogP contribution in [0.4, 0.5) is 8.78 Å². The summed E-state index contributed by atoms with van der Waals surface area (Å²) in [7, 11) is 0. The van der Waals surface area contributed by atoms with Crippen LogP contribution in [0, 0.1) is 11.6 Å². The van der Waals surface area contributed by atoms with Crippen LogP contribution in [0.5, 0.6) is 0 Å². The fourth-order valence-corrected chi connectivity index (χ4v) is 0.985. The molecule has 0 aliphatic heterocycles. The van der Waals surface area contributed by atoms with Crippen LogP contribution in [0.2, 0.25) is 0 Å². The van der Waals surface area contributed by atoms with E-state index in [1.165, 1.54) is 6.07 Å². The lowest BCUT2D eigenvalue weighted by Crippen LogP contribution is -1.82. The van der Waals surface area contributed by atoms with Gasteiger partial charge in [-0.15, -0.1) is 5.73 Å². The molecule has 1 aromatic carbocycles. The van der Waals surface area contributed by atoms with E-state index < -0.39 is 11.6 Å². The van der Waals surface area contributed by atoms with Crippen LogP contribution in [0.1, 0.15) is 25.3 Å². The standard InChI is InChI=1S/C12H12F2/c1-2-3-4-5-6-10-7-8-11(13)12(14)9-10/h4,6-9H,2-3H2,1H3. The molecule has 0 amide bonds. The maximum absolute atomic E-state index is 12.7. The number of unbranched alkanes of at least 4 members (excludes halogenated alkanes) is 1. The largest absolute Gasteiger partial charge is 0.204 e. The average Bonchev–Trinajstić information content (AvgIpc) is 2.18. The second-order valence-corrected chi connectivity index (χ2v) is 2.98. The first kappa shape index (κ1) is 10.7. The maximum Gasteiger partial charge on any atom is 0.159 e. The highest BCUT2D eigenvalue weighted by Gasteiger charge is 1.99. The molecule has 0 radical (unpaired) electrons. The first-order valence-electron chi connectivity index (χ1n) is 4.60. The Morgan fingerprint density at radius 1 is 1.29 bits per heavy atom. The minimum absolute atomic E-state index is 0.622. The highest BCUT2D eigenvalue weighted by atomic mass is 19.2. The van der Waals surface area contributed by atoms with E-state index in [2.05, 4.69) is 12.7 Å². The maximum atomic E-state index is 12.7. The average molecular weight is 194 g/mol. The molecule has 14 heavy (non-hydrogen) atoms. The Bertz CT molecular complexity index is 361. The van der Waals surface area contributed by atoms with Crippen molar-refractivity contribution in [3.63, 3.8) is 0 Å². The SMILES string of the molecule is CCCC=C=Cc1ccc(F)c(F)c1. The van der Waals surface area contributed by atoms with Gasteiger partial charge in [-0.25, -0.2) is 8.78 Å². The monoisotopic (exact) mass is 194 g/mol. The molecule has 1 rings (SSSR count). The quantitative estimate of drug-likeness (QED) is 0.639. The topological polar surface area (TPSA) is 0 Å². The predicted octanol–water partition coefficient (Wildman–Crippen LogP) is 3.93. The van der Waals surface area contributed by atoms with Gasteiger partial charge in [-0.05, 0) is 36.3 Å². The minimum Gasteiger partial charge on any atom is -0.204 e. The third kappa shape index (κ3) is 3.15. The van der Waals surface area contributed by atoms with E-state index >= 15 is 0 Å². The molecule has 0 aliphatic carbocycles. The van der Waals surface area contributed by atoms with Crippen LogP contribution in [0.3, 0.4) is 0 Å². The molecule has 0 spiro atoms. The summed E-state index contributed by atoms with van der Waals surface area (Å²) in [5.74, 6) is -1.64. The van der Waals surface area contributed by atoms with Crippen LogP contribution in [0.25, 0.3) is 6.08 Å². The fraction of sp³-hybridized carbons (Fsp3) is 0.250. The van der Waals surface area contributed by atoms with Gasteiger partial charge in [0.1, 0.15) is 0 Å². The van der Waals surface area contributed by atoms with Crippen molar-refractivity contribution >= 4 is 6.08 Å². The molecule has 0 saturated carbocycles. The summed E-state index contributed by atoms with van der Waals surface area (Å²) in [4.78, 5) is 0. The summed E-state index contributed by atoms with van der Waals surface area (Å²) in [5, 5.41) is 0. The van der Waals surface area contributed by atoms with Crippen molar-refractivity contribution in [1.82, 2.24) is 0 Å². The Hall–Kier alpha value is -1.40. The van der Waals surface area contributed by atoms with E-state index in [9.17, 15) is 8.78 Å². The van der Waals surface area contributed by atoms with Gasteiger partial charge in [0.25, 0.3) is 0 Å². The van der Waals surface area contributed by atoms with E-state index in [1.54, 1.807) is 6.08 Å². The summed E-state index contributed by atoms with van der Waals surface area (Å²) in [6.45, 7) is 2.07. The zero-order chi connectivity index (χ0) is 10.4. The predicted molar refractivity (Wildman–Crippen MR) is 53.8 cm³/mol. The van der Waals surface area contributed by atoms with Crippen molar-refractivity contribution in [2.24, 2.45) is 0 Å². The first-order valence-corrected chi connectivity index (χ1v) is 4.60. The van der Waals surface area contributed by atoms with E-state index in [-0.39, 0.29) is 0 Å². The van der Waals surface area contributed by atoms with Gasteiger partial charge < -0.3 is 0 Å². The molecule has 0 nitrogen and oxygen atoms in total. The number of hydrogen-bond donors (Lipinski definition) is 0. The van der Waals surface area contributed by atoms with E-state index in [0.29, 0.717) is 5.56 Å². The molecule has 0 N–H and O–H groups in total. The molecule has 74 valence electrons. The molecule has 0 fully saturated rings. The minimum atomic E-state index is -0.823. The number of rotatable bonds is 3. The van der Waals surface area contributed by atoms with Gasteiger partial charge >= 0.3 is 0 Å². The second-order valence-electron chi connectivity index (χ2n) is 2.98. The summed E-state index contributed by atoms with van der Waals surface area (Å²) >= 11 is 0. The van der Waals surface area contributed by atoms with Gasteiger partial charge in [-0.3, -0.25) is 0 Å². The molecule has 2 heteroatoms. The number of allylic oxidation sites excluding steroid dienone is 1. The summed E-state index contributed by atoms with van der Waals surface area (Å²) < 4.78 is 25.2. The smallest absolute Gasteiger partial charge is 0.159 e. The van der Waals surface area contributed by atoms with Gasteiger partial charge in [-0.2, -0.15) is 0 Å². The van der Waals surface area contributed by atoms with Crippen molar-refractivity contribution in [1.29, 1.82) is 0 Å². The van der Waals surface area contributed by atoms with Crippen molar-refractivity contribution in [2.75, 3.05) is 0 Å². The first-order chi connectivity index (χ1) is 6.74. The highest BCUT2D eigenvalue weighted by molar-refractivity contribution is 5.48. The fourth-order valence-electron chi connectivity index (χ4n) is 0.985. The van der Waals surface area contributed by atoms with Crippen molar-refractivity contribution in [3.05, 3.63) is 47.2 Å². The lowest BCUT2D eigenvalue weighted by Gasteiger charge is -1.93. The van der Waals surface area contributed by atoms with Gasteiger partial charge in [-0.1, -0.05) is 19.4 Å². The third-order valence-corrected chi connectivity index (χ3v) is 1.74. The summed E-state index contributed by atoms with van der Waals surface area (Å²) in [6, 6.07) is 3.79. The Labute approximate surface area is 82.6 Å². The van der Waals surface area contributed by atoms with Crippen molar-refractivity contribution in [3.8, 4) is 0 Å². The molecule has 0 heterocycles. The number of halogens is 2. The molecule has 1 aromatic rings. The molecule has 0 atom stereocenters. The lowest BCUT2D eigenvalue weighted by atomic mass is 10.2. The Balaban J connectivity index is 2.77. The van der Waals surface area contributed by atoms with Crippen LogP contribution >= 0.6 is 0 Å². The van der Waals surface area contributed by atoms with Crippen LogP contribution < -0.4 is 0 Å². The summed E-state index contributed by atoms with van der Waals surface area (Å²) in [6.07, 6.45) is 5.51. The Morgan fingerprint density at radius 3 is 2.71 bits per heavy atom. The number of benzene rings is 1. The van der Waals surface area contributed by atoms with E-state index in [1.807, 2.05) is 6.08 Å². The molecule has 0 unspecified atom stereocenters. The van der Waals surface area contributed by atoms with E-state index in [4.69, 9.17) is 0 Å². The van der Waals surface area contributed by atoms with Crippen LogP contribution in [0.15, 0.2) is 30.0 Å².